The zero-order valence-corrected chi connectivity index (χ0v) is 21.8. The zero-order valence-electron chi connectivity index (χ0n) is 19.4. The van der Waals surface area contributed by atoms with Crippen LogP contribution in [0.4, 0.5) is 5.82 Å². The number of nitrogens with zero attached hydrogens (tertiary/aromatic N) is 4. The molecule has 0 spiro atoms. The normalized spacial score (nSPS) is 15.2. The number of halogens is 2. The molecule has 0 N–H and O–H groups in total. The van der Waals surface area contributed by atoms with Crippen molar-refractivity contribution in [3.8, 4) is 11.1 Å². The Bertz CT molecular complexity index is 1260. The predicted molar refractivity (Wildman–Crippen MR) is 148 cm³/mol. The molecule has 1 atom stereocenters. The van der Waals surface area contributed by atoms with Gasteiger partial charge in [-0.1, -0.05) is 108 Å². The van der Waals surface area contributed by atoms with E-state index in [4.69, 9.17) is 28.2 Å². The number of benzene rings is 3. The average Bonchev–Trinajstić information content (AvgIpc) is 2.91. The molecule has 178 valence electrons. The minimum atomic E-state index is 0.167. The fourth-order valence-electron chi connectivity index (χ4n) is 4.66. The number of hydrogen-bond donors (Lipinski definition) is 0. The molecule has 1 aromatic heterocycles. The van der Waals surface area contributed by atoms with Crippen molar-refractivity contribution >= 4 is 40.8 Å². The second-order valence-electron chi connectivity index (χ2n) is 8.45. The largest absolute Gasteiger partial charge is 0.353 e. The summed E-state index contributed by atoms with van der Waals surface area (Å²) in [5, 5.41) is 1.94. The second kappa shape index (κ2) is 11.0. The van der Waals surface area contributed by atoms with Gasteiger partial charge in [-0.25, -0.2) is 9.97 Å². The maximum Gasteiger partial charge on any atom is 0.190 e. The van der Waals surface area contributed by atoms with Crippen LogP contribution in [0.5, 0.6) is 0 Å². The highest BCUT2D eigenvalue weighted by atomic mass is 35.5. The molecule has 3 aromatic carbocycles. The van der Waals surface area contributed by atoms with Crippen molar-refractivity contribution in [2.45, 2.75) is 11.2 Å². The van der Waals surface area contributed by atoms with E-state index in [1.807, 2.05) is 36.6 Å². The number of thioether (sulfide) groups is 1. The zero-order chi connectivity index (χ0) is 24.2. The van der Waals surface area contributed by atoms with Crippen LogP contribution >= 0.6 is 35.0 Å². The van der Waals surface area contributed by atoms with E-state index >= 15 is 0 Å². The van der Waals surface area contributed by atoms with Gasteiger partial charge in [0.1, 0.15) is 11.0 Å². The lowest BCUT2D eigenvalue weighted by Gasteiger charge is -2.40. The first-order valence-electron chi connectivity index (χ1n) is 11.6. The van der Waals surface area contributed by atoms with Crippen molar-refractivity contribution in [1.82, 2.24) is 14.9 Å². The highest BCUT2D eigenvalue weighted by molar-refractivity contribution is 7.98. The fourth-order valence-corrected chi connectivity index (χ4v) is 5.47. The summed E-state index contributed by atoms with van der Waals surface area (Å²) >= 11 is 14.4. The Balaban J connectivity index is 1.45. The van der Waals surface area contributed by atoms with Crippen LogP contribution in [0, 0.1) is 0 Å². The molecule has 0 bridgehead atoms. The molecule has 7 heteroatoms. The van der Waals surface area contributed by atoms with Crippen LogP contribution in [0.15, 0.2) is 90.1 Å². The first-order valence-corrected chi connectivity index (χ1v) is 13.6. The van der Waals surface area contributed by atoms with Crippen molar-refractivity contribution in [2.24, 2.45) is 0 Å². The summed E-state index contributed by atoms with van der Waals surface area (Å²) in [4.78, 5) is 14.3. The Labute approximate surface area is 220 Å². The summed E-state index contributed by atoms with van der Waals surface area (Å²) < 4.78 is 0. The van der Waals surface area contributed by atoms with E-state index in [0.717, 1.165) is 48.1 Å². The molecule has 0 amide bonds. The van der Waals surface area contributed by atoms with E-state index in [2.05, 4.69) is 69.4 Å². The van der Waals surface area contributed by atoms with Gasteiger partial charge in [-0.2, -0.15) is 0 Å². The van der Waals surface area contributed by atoms with Crippen LogP contribution in [-0.2, 0) is 0 Å². The lowest BCUT2D eigenvalue weighted by molar-refractivity contribution is 0.212. The van der Waals surface area contributed by atoms with Crippen molar-refractivity contribution < 1.29 is 0 Å². The van der Waals surface area contributed by atoms with Crippen LogP contribution in [0.2, 0.25) is 10.2 Å². The van der Waals surface area contributed by atoms with Gasteiger partial charge in [0.05, 0.1) is 11.6 Å². The van der Waals surface area contributed by atoms with E-state index in [-0.39, 0.29) is 6.04 Å². The third-order valence-electron chi connectivity index (χ3n) is 6.35. The fraction of sp³-hybridized carbons (Fsp3) is 0.214. The topological polar surface area (TPSA) is 32.3 Å². The highest BCUT2D eigenvalue weighted by Gasteiger charge is 2.29. The van der Waals surface area contributed by atoms with Gasteiger partial charge in [0.2, 0.25) is 0 Å². The van der Waals surface area contributed by atoms with Gasteiger partial charge in [-0.05, 0) is 35.1 Å². The van der Waals surface area contributed by atoms with Crippen LogP contribution in [0.3, 0.4) is 0 Å². The lowest BCUT2D eigenvalue weighted by atomic mass is 9.96. The maximum atomic E-state index is 6.71. The molecule has 1 aliphatic heterocycles. The molecule has 4 nitrogen and oxygen atoms in total. The van der Waals surface area contributed by atoms with E-state index in [0.29, 0.717) is 10.3 Å². The van der Waals surface area contributed by atoms with Gasteiger partial charge in [-0.3, -0.25) is 4.90 Å². The SMILES string of the molecule is CSc1nc(Cl)c(-c2ccccc2)c(N2CCN([C@H](c3ccccc3)c3ccc(Cl)cc3)CC2)n1. The van der Waals surface area contributed by atoms with Crippen LogP contribution in [0.25, 0.3) is 11.1 Å². The van der Waals surface area contributed by atoms with E-state index < -0.39 is 0 Å². The quantitative estimate of drug-likeness (QED) is 0.154. The lowest BCUT2D eigenvalue weighted by Crippen LogP contribution is -2.48. The molecule has 1 saturated heterocycles. The minimum absolute atomic E-state index is 0.167. The van der Waals surface area contributed by atoms with E-state index in [1.54, 1.807) is 0 Å². The third kappa shape index (κ3) is 5.34. The van der Waals surface area contributed by atoms with Crippen molar-refractivity contribution in [3.05, 3.63) is 106 Å². The number of rotatable bonds is 6. The number of hydrogen-bond acceptors (Lipinski definition) is 5. The summed E-state index contributed by atoms with van der Waals surface area (Å²) in [6.07, 6.45) is 1.98. The van der Waals surface area contributed by atoms with Gasteiger partial charge in [0.25, 0.3) is 0 Å². The second-order valence-corrected chi connectivity index (χ2v) is 10.0. The number of aromatic nitrogens is 2. The monoisotopic (exact) mass is 520 g/mol. The molecular formula is C28H26Cl2N4S. The molecule has 1 aliphatic rings. The van der Waals surface area contributed by atoms with Gasteiger partial charge in [0, 0.05) is 31.2 Å². The standard InChI is InChI=1S/C28H26Cl2N4S/c1-35-28-31-26(30)24(20-8-4-2-5-9-20)27(32-28)34-18-16-33(17-19-34)25(21-10-6-3-7-11-21)22-12-14-23(29)15-13-22/h2-15,25H,16-19H2,1H3/t25-/m1/s1. The predicted octanol–water partition coefficient (Wildman–Crippen LogP) is 7.08. The van der Waals surface area contributed by atoms with Gasteiger partial charge >= 0.3 is 0 Å². The Morgan fingerprint density at radius 2 is 1.34 bits per heavy atom. The molecule has 4 aromatic rings. The first-order chi connectivity index (χ1) is 17.1. The maximum absolute atomic E-state index is 6.71. The Kier molecular flexibility index (Phi) is 7.59. The minimum Gasteiger partial charge on any atom is -0.353 e. The summed E-state index contributed by atoms with van der Waals surface area (Å²) in [6.45, 7) is 3.48. The molecule has 5 rings (SSSR count). The van der Waals surface area contributed by atoms with Crippen molar-refractivity contribution in [2.75, 3.05) is 37.3 Å². The Morgan fingerprint density at radius 3 is 1.97 bits per heavy atom. The highest BCUT2D eigenvalue weighted by Crippen LogP contribution is 2.37. The Morgan fingerprint density at radius 1 is 0.743 bits per heavy atom. The van der Waals surface area contributed by atoms with Crippen molar-refractivity contribution in [3.63, 3.8) is 0 Å². The summed E-state index contributed by atoms with van der Waals surface area (Å²) in [5.74, 6) is 0.906. The smallest absolute Gasteiger partial charge is 0.190 e. The average molecular weight is 522 g/mol. The summed E-state index contributed by atoms with van der Waals surface area (Å²) in [7, 11) is 0. The molecule has 0 aliphatic carbocycles. The molecule has 0 unspecified atom stereocenters. The van der Waals surface area contributed by atoms with Gasteiger partial charge < -0.3 is 4.90 Å². The van der Waals surface area contributed by atoms with Gasteiger partial charge in [-0.15, -0.1) is 0 Å². The number of anilines is 1. The van der Waals surface area contributed by atoms with Gasteiger partial charge in [0.15, 0.2) is 5.16 Å². The third-order valence-corrected chi connectivity index (χ3v) is 7.42. The molecule has 2 heterocycles. The number of piperazine rings is 1. The molecule has 35 heavy (non-hydrogen) atoms. The van der Waals surface area contributed by atoms with Crippen LogP contribution < -0.4 is 4.90 Å². The Hall–Kier alpha value is -2.57. The molecule has 1 fully saturated rings. The first kappa shape index (κ1) is 24.1. The van der Waals surface area contributed by atoms with E-state index in [9.17, 15) is 0 Å². The van der Waals surface area contributed by atoms with Crippen LogP contribution in [-0.4, -0.2) is 47.3 Å². The molecular weight excluding hydrogens is 495 g/mol. The van der Waals surface area contributed by atoms with Crippen LogP contribution in [0.1, 0.15) is 17.2 Å². The van der Waals surface area contributed by atoms with E-state index in [1.165, 1.54) is 22.9 Å². The molecule has 0 saturated carbocycles. The molecule has 0 radical (unpaired) electrons. The van der Waals surface area contributed by atoms with Crippen molar-refractivity contribution in [1.29, 1.82) is 0 Å². The summed E-state index contributed by atoms with van der Waals surface area (Å²) in [6, 6.07) is 29.2. The summed E-state index contributed by atoms with van der Waals surface area (Å²) in [5.41, 5.74) is 4.46.